The molecule has 0 unspecified atom stereocenters. The first-order chi connectivity index (χ1) is 22.8. The molecule has 46 heavy (non-hydrogen) atoms. The van der Waals surface area contributed by atoms with Crippen molar-refractivity contribution in [3.05, 3.63) is 152 Å². The van der Waals surface area contributed by atoms with E-state index in [1.165, 1.54) is 0 Å². The first-order valence-electron chi connectivity index (χ1n) is 15.2. The molecule has 0 N–H and O–H groups in total. The van der Waals surface area contributed by atoms with Gasteiger partial charge in [0, 0.05) is 51.3 Å². The normalized spacial score (nSPS) is 11.5. The van der Waals surface area contributed by atoms with Gasteiger partial charge in [-0.1, -0.05) is 84.9 Å². The molecule has 4 aromatic carbocycles. The fourth-order valence-corrected chi connectivity index (χ4v) is 6.31. The maximum absolute atomic E-state index is 5.21. The summed E-state index contributed by atoms with van der Waals surface area (Å²) in [7, 11) is 0. The van der Waals surface area contributed by atoms with E-state index >= 15 is 0 Å². The molecular formula is C41H25N5. The molecule has 0 bridgehead atoms. The van der Waals surface area contributed by atoms with Crippen molar-refractivity contribution in [3.8, 4) is 44.9 Å². The van der Waals surface area contributed by atoms with E-state index in [1.54, 1.807) is 6.20 Å². The lowest BCUT2D eigenvalue weighted by molar-refractivity contribution is 1.28. The highest BCUT2D eigenvalue weighted by Crippen LogP contribution is 2.37. The Labute approximate surface area is 264 Å². The van der Waals surface area contributed by atoms with E-state index in [1.807, 2.05) is 42.7 Å². The number of nitrogens with zero attached hydrogens (tertiary/aromatic N) is 5. The third-order valence-electron chi connectivity index (χ3n) is 8.61. The molecule has 5 aromatic heterocycles. The summed E-state index contributed by atoms with van der Waals surface area (Å²) in [6, 6.07) is 46.0. The summed E-state index contributed by atoms with van der Waals surface area (Å²) in [5.41, 5.74) is 11.9. The average Bonchev–Trinajstić information content (AvgIpc) is 3.14. The van der Waals surface area contributed by atoms with Crippen molar-refractivity contribution >= 4 is 43.6 Å². The largest absolute Gasteiger partial charge is 0.265 e. The standard InChI is InChI=1S/C41H25N5/c1-2-6-35-32(5-1)39(29-20-23-42-24-21-29)33-17-14-30-16-18-34(45-40(30)41(33)46-35)27-10-8-26(9-11-27)31-13-12-28-15-19-37(44-38(28)25-31)36-7-3-4-22-43-36/h1-25H. The molecule has 5 heteroatoms. The predicted octanol–water partition coefficient (Wildman–Crippen LogP) is 9.94. The van der Waals surface area contributed by atoms with Crippen LogP contribution in [0.25, 0.3) is 88.5 Å². The van der Waals surface area contributed by atoms with Crippen LogP contribution in [0.3, 0.4) is 0 Å². The van der Waals surface area contributed by atoms with E-state index in [9.17, 15) is 0 Å². The monoisotopic (exact) mass is 587 g/mol. The quantitative estimate of drug-likeness (QED) is 0.151. The molecule has 5 nitrogen and oxygen atoms in total. The number of pyridine rings is 5. The van der Waals surface area contributed by atoms with Crippen LogP contribution in [0.1, 0.15) is 0 Å². The topological polar surface area (TPSA) is 64.5 Å². The van der Waals surface area contributed by atoms with Crippen LogP contribution in [0.15, 0.2) is 152 Å². The fourth-order valence-electron chi connectivity index (χ4n) is 6.31. The van der Waals surface area contributed by atoms with Gasteiger partial charge in [-0.05, 0) is 65.2 Å². The molecule has 0 radical (unpaired) electrons. The molecule has 0 saturated carbocycles. The summed E-state index contributed by atoms with van der Waals surface area (Å²) >= 11 is 0. The molecular weight excluding hydrogens is 562 g/mol. The first-order valence-corrected chi connectivity index (χ1v) is 15.2. The Morgan fingerprint density at radius 2 is 1.11 bits per heavy atom. The lowest BCUT2D eigenvalue weighted by atomic mass is 9.95. The SMILES string of the molecule is c1ccc(-c2ccc3ccc(-c4ccc(-c5ccc6ccc7c(-c8ccncc8)c8ccccc8nc7c6n5)cc4)cc3n2)nc1. The van der Waals surface area contributed by atoms with Crippen molar-refractivity contribution in [2.24, 2.45) is 0 Å². The van der Waals surface area contributed by atoms with Crippen LogP contribution in [0.4, 0.5) is 0 Å². The second-order valence-electron chi connectivity index (χ2n) is 11.4. The van der Waals surface area contributed by atoms with Gasteiger partial charge in [0.1, 0.15) is 0 Å². The smallest absolute Gasteiger partial charge is 0.0978 e. The van der Waals surface area contributed by atoms with E-state index in [2.05, 4.69) is 113 Å². The molecule has 0 spiro atoms. The molecule has 9 rings (SSSR count). The lowest BCUT2D eigenvalue weighted by Gasteiger charge is -2.13. The van der Waals surface area contributed by atoms with Crippen molar-refractivity contribution in [2.75, 3.05) is 0 Å². The Morgan fingerprint density at radius 3 is 1.98 bits per heavy atom. The van der Waals surface area contributed by atoms with Crippen LogP contribution in [0.5, 0.6) is 0 Å². The molecule has 9 aromatic rings. The van der Waals surface area contributed by atoms with Gasteiger partial charge >= 0.3 is 0 Å². The van der Waals surface area contributed by atoms with Crippen LogP contribution < -0.4 is 0 Å². The van der Waals surface area contributed by atoms with Gasteiger partial charge in [0.25, 0.3) is 0 Å². The van der Waals surface area contributed by atoms with Gasteiger partial charge in [0.05, 0.1) is 39.1 Å². The number of fused-ring (bicyclic) bond motifs is 5. The summed E-state index contributed by atoms with van der Waals surface area (Å²) in [5, 5.41) is 4.35. The molecule has 0 saturated heterocycles. The van der Waals surface area contributed by atoms with Gasteiger partial charge in [-0.15, -0.1) is 0 Å². The van der Waals surface area contributed by atoms with E-state index in [-0.39, 0.29) is 0 Å². The average molecular weight is 588 g/mol. The predicted molar refractivity (Wildman–Crippen MR) is 187 cm³/mol. The van der Waals surface area contributed by atoms with Crippen molar-refractivity contribution in [2.45, 2.75) is 0 Å². The van der Waals surface area contributed by atoms with E-state index < -0.39 is 0 Å². The number of para-hydroxylation sites is 1. The van der Waals surface area contributed by atoms with Crippen molar-refractivity contribution < 1.29 is 0 Å². The molecule has 0 aliphatic carbocycles. The number of benzene rings is 4. The summed E-state index contributed by atoms with van der Waals surface area (Å²) in [6.07, 6.45) is 5.47. The maximum atomic E-state index is 5.21. The van der Waals surface area contributed by atoms with Crippen molar-refractivity contribution in [1.82, 2.24) is 24.9 Å². The molecule has 0 aliphatic heterocycles. The minimum absolute atomic E-state index is 0.867. The summed E-state index contributed by atoms with van der Waals surface area (Å²) < 4.78 is 0. The zero-order valence-electron chi connectivity index (χ0n) is 24.7. The third kappa shape index (κ3) is 4.45. The molecule has 0 amide bonds. The molecule has 214 valence electrons. The van der Waals surface area contributed by atoms with Crippen LogP contribution >= 0.6 is 0 Å². The number of aromatic nitrogens is 5. The minimum atomic E-state index is 0.867. The molecule has 0 aliphatic rings. The Hall–Kier alpha value is -6.33. The molecule has 0 atom stereocenters. The second-order valence-corrected chi connectivity index (χ2v) is 11.4. The second kappa shape index (κ2) is 10.7. The Kier molecular flexibility index (Phi) is 6.06. The Bertz CT molecular complexity index is 2560. The summed E-state index contributed by atoms with van der Waals surface area (Å²) in [4.78, 5) is 24.0. The van der Waals surface area contributed by atoms with Gasteiger partial charge in [0.15, 0.2) is 0 Å². The minimum Gasteiger partial charge on any atom is -0.265 e. The number of hydrogen-bond donors (Lipinski definition) is 0. The lowest BCUT2D eigenvalue weighted by Crippen LogP contribution is -1.93. The van der Waals surface area contributed by atoms with Gasteiger partial charge < -0.3 is 0 Å². The third-order valence-corrected chi connectivity index (χ3v) is 8.61. The van der Waals surface area contributed by atoms with E-state index in [0.717, 1.165) is 88.5 Å². The summed E-state index contributed by atoms with van der Waals surface area (Å²) in [5.74, 6) is 0. The van der Waals surface area contributed by atoms with Crippen molar-refractivity contribution in [1.29, 1.82) is 0 Å². The highest BCUT2D eigenvalue weighted by atomic mass is 14.8. The zero-order chi connectivity index (χ0) is 30.5. The Balaban J connectivity index is 1.12. The Morgan fingerprint density at radius 1 is 0.370 bits per heavy atom. The van der Waals surface area contributed by atoms with E-state index in [0.29, 0.717) is 0 Å². The highest BCUT2D eigenvalue weighted by Gasteiger charge is 2.15. The van der Waals surface area contributed by atoms with Gasteiger partial charge in [-0.3, -0.25) is 9.97 Å². The van der Waals surface area contributed by atoms with Crippen LogP contribution in [0, 0.1) is 0 Å². The first kappa shape index (κ1) is 26.1. The molecule has 0 fully saturated rings. The van der Waals surface area contributed by atoms with Gasteiger partial charge in [-0.25, -0.2) is 15.0 Å². The van der Waals surface area contributed by atoms with Crippen LogP contribution in [0.2, 0.25) is 0 Å². The van der Waals surface area contributed by atoms with Crippen molar-refractivity contribution in [3.63, 3.8) is 0 Å². The van der Waals surface area contributed by atoms with Crippen LogP contribution in [-0.2, 0) is 0 Å². The fraction of sp³-hybridized carbons (Fsp3) is 0. The summed E-state index contributed by atoms with van der Waals surface area (Å²) in [6.45, 7) is 0. The maximum Gasteiger partial charge on any atom is 0.0978 e. The van der Waals surface area contributed by atoms with Gasteiger partial charge in [-0.2, -0.15) is 0 Å². The van der Waals surface area contributed by atoms with Gasteiger partial charge in [0.2, 0.25) is 0 Å². The zero-order valence-corrected chi connectivity index (χ0v) is 24.7. The number of hydrogen-bond acceptors (Lipinski definition) is 5. The molecule has 5 heterocycles. The van der Waals surface area contributed by atoms with E-state index in [4.69, 9.17) is 15.0 Å². The number of rotatable bonds is 4. The highest BCUT2D eigenvalue weighted by molar-refractivity contribution is 6.16. The van der Waals surface area contributed by atoms with Crippen LogP contribution in [-0.4, -0.2) is 24.9 Å².